The van der Waals surface area contributed by atoms with Gasteiger partial charge in [-0.2, -0.15) is 8.78 Å². The Morgan fingerprint density at radius 1 is 1.10 bits per heavy atom. The minimum Gasteiger partial charge on any atom is -0.368 e. The number of piperazine rings is 1. The monoisotopic (exact) mass is 443 g/mol. The number of amides is 2. The van der Waals surface area contributed by atoms with E-state index < -0.39 is 11.7 Å². The van der Waals surface area contributed by atoms with Crippen LogP contribution < -0.4 is 10.2 Å². The van der Waals surface area contributed by atoms with Crippen molar-refractivity contribution in [2.45, 2.75) is 17.1 Å². The summed E-state index contributed by atoms with van der Waals surface area (Å²) in [4.78, 5) is 28.8. The smallest absolute Gasteiger partial charge is 0.288 e. The Balaban J connectivity index is 1.42. The summed E-state index contributed by atoms with van der Waals surface area (Å²) >= 11 is 1.43. The molecular weight excluding hydrogens is 423 g/mol. The molecule has 0 aliphatic carbocycles. The summed E-state index contributed by atoms with van der Waals surface area (Å²) in [5, 5.41) is 4.22. The topological polar surface area (TPSA) is 52.7 Å². The molecule has 0 saturated carbocycles. The summed E-state index contributed by atoms with van der Waals surface area (Å²) in [6.07, 6.45) is 0.144. The Bertz CT molecular complexity index is 837. The molecule has 3 rings (SSSR count). The highest BCUT2D eigenvalue weighted by Crippen LogP contribution is 2.31. The number of thioether (sulfide) groups is 1. The molecule has 0 atom stereocenters. The van der Waals surface area contributed by atoms with Crippen LogP contribution in [0.5, 0.6) is 0 Å². The first-order chi connectivity index (χ1) is 13.9. The van der Waals surface area contributed by atoms with Gasteiger partial charge < -0.3 is 15.1 Å². The first kappa shape index (κ1) is 21.5. The molecule has 0 unspecified atom stereocenters. The summed E-state index contributed by atoms with van der Waals surface area (Å²) in [6, 6.07) is 7.74. The second-order valence-corrected chi connectivity index (χ2v) is 8.29. The summed E-state index contributed by atoms with van der Waals surface area (Å²) in [5.41, 5.74) is 0.916. The molecule has 156 valence electrons. The molecule has 1 aromatic carbocycles. The van der Waals surface area contributed by atoms with Gasteiger partial charge >= 0.3 is 0 Å². The predicted octanol–water partition coefficient (Wildman–Crippen LogP) is 3.67. The third-order valence-electron chi connectivity index (χ3n) is 4.50. The molecule has 1 aliphatic rings. The molecule has 0 radical (unpaired) electrons. The van der Waals surface area contributed by atoms with E-state index in [1.165, 1.54) is 18.2 Å². The number of rotatable bonds is 7. The molecule has 2 amide bonds. The van der Waals surface area contributed by atoms with Gasteiger partial charge in [0.1, 0.15) is 10.7 Å². The molecule has 5 nitrogen and oxygen atoms in total. The quantitative estimate of drug-likeness (QED) is 0.664. The Morgan fingerprint density at radius 3 is 2.45 bits per heavy atom. The van der Waals surface area contributed by atoms with Crippen LogP contribution in [-0.4, -0.2) is 55.2 Å². The van der Waals surface area contributed by atoms with Crippen LogP contribution in [-0.2, 0) is 4.79 Å². The largest absolute Gasteiger partial charge is 0.368 e. The molecule has 2 heterocycles. The van der Waals surface area contributed by atoms with Crippen LogP contribution in [0.2, 0.25) is 0 Å². The van der Waals surface area contributed by atoms with Crippen molar-refractivity contribution >= 4 is 40.6 Å². The van der Waals surface area contributed by atoms with E-state index in [0.29, 0.717) is 37.9 Å². The lowest BCUT2D eigenvalue weighted by Crippen LogP contribution is -2.49. The second-order valence-electron chi connectivity index (χ2n) is 6.34. The van der Waals surface area contributed by atoms with Crippen molar-refractivity contribution in [3.05, 3.63) is 46.4 Å². The van der Waals surface area contributed by atoms with Gasteiger partial charge in [-0.15, -0.1) is 11.3 Å². The van der Waals surface area contributed by atoms with Gasteiger partial charge in [-0.25, -0.2) is 4.39 Å². The predicted molar refractivity (Wildman–Crippen MR) is 108 cm³/mol. The Morgan fingerprint density at radius 2 is 1.79 bits per heavy atom. The number of anilines is 1. The highest BCUT2D eigenvalue weighted by molar-refractivity contribution is 7.99. The van der Waals surface area contributed by atoms with Gasteiger partial charge in [0.25, 0.3) is 11.7 Å². The number of nitrogens with one attached hydrogen (secondary N) is 1. The van der Waals surface area contributed by atoms with E-state index in [4.69, 9.17) is 0 Å². The SMILES string of the molecule is O=C(NCCC(=O)N1CCN(c2ccc(F)cc2)CC1)c1sccc1SC(F)F. The second kappa shape index (κ2) is 10.0. The molecule has 1 saturated heterocycles. The average molecular weight is 444 g/mol. The Hall–Kier alpha value is -2.20. The number of halogens is 3. The number of carbonyl (C=O) groups excluding carboxylic acids is 2. The van der Waals surface area contributed by atoms with Crippen molar-refractivity contribution in [1.29, 1.82) is 0 Å². The maximum absolute atomic E-state index is 13.0. The Labute approximate surface area is 174 Å². The van der Waals surface area contributed by atoms with Crippen LogP contribution in [0.3, 0.4) is 0 Å². The van der Waals surface area contributed by atoms with E-state index in [0.717, 1.165) is 17.0 Å². The summed E-state index contributed by atoms with van der Waals surface area (Å²) < 4.78 is 38.1. The van der Waals surface area contributed by atoms with Crippen molar-refractivity contribution < 1.29 is 22.8 Å². The van der Waals surface area contributed by atoms with E-state index in [9.17, 15) is 22.8 Å². The zero-order valence-electron chi connectivity index (χ0n) is 15.4. The van der Waals surface area contributed by atoms with E-state index in [2.05, 4.69) is 10.2 Å². The summed E-state index contributed by atoms with van der Waals surface area (Å²) in [6.45, 7) is 2.53. The van der Waals surface area contributed by atoms with Gasteiger partial charge in [0, 0.05) is 49.7 Å². The standard InChI is InChI=1S/C19H20F3N3O2S2/c20-13-1-3-14(4-2-13)24-8-10-25(11-9-24)16(26)5-7-23-18(27)17-15(6-12-28-17)29-19(21)22/h1-4,6,12,19H,5,7-11H2,(H,23,27). The van der Waals surface area contributed by atoms with Crippen LogP contribution >= 0.6 is 23.1 Å². The lowest BCUT2D eigenvalue weighted by Gasteiger charge is -2.36. The van der Waals surface area contributed by atoms with Gasteiger partial charge in [-0.1, -0.05) is 11.8 Å². The number of carbonyl (C=O) groups is 2. The number of benzene rings is 1. The Kier molecular flexibility index (Phi) is 7.43. The fourth-order valence-corrected chi connectivity index (χ4v) is 4.66. The van der Waals surface area contributed by atoms with Gasteiger partial charge in [-0.05, 0) is 35.7 Å². The normalized spacial score (nSPS) is 14.3. The molecule has 10 heteroatoms. The molecule has 1 aromatic heterocycles. The molecule has 2 aromatic rings. The van der Waals surface area contributed by atoms with Crippen LogP contribution in [0.15, 0.2) is 40.6 Å². The van der Waals surface area contributed by atoms with Crippen LogP contribution in [0.1, 0.15) is 16.1 Å². The van der Waals surface area contributed by atoms with Gasteiger partial charge in [0.2, 0.25) is 5.91 Å². The lowest BCUT2D eigenvalue weighted by molar-refractivity contribution is -0.131. The molecule has 1 fully saturated rings. The van der Waals surface area contributed by atoms with E-state index in [-0.39, 0.29) is 34.5 Å². The van der Waals surface area contributed by atoms with E-state index in [1.54, 1.807) is 22.4 Å². The van der Waals surface area contributed by atoms with Crippen LogP contribution in [0, 0.1) is 5.82 Å². The van der Waals surface area contributed by atoms with Crippen molar-refractivity contribution in [3.63, 3.8) is 0 Å². The van der Waals surface area contributed by atoms with E-state index >= 15 is 0 Å². The van der Waals surface area contributed by atoms with Crippen molar-refractivity contribution in [3.8, 4) is 0 Å². The highest BCUT2D eigenvalue weighted by atomic mass is 32.2. The number of nitrogens with zero attached hydrogens (tertiary/aromatic N) is 2. The molecular formula is C19H20F3N3O2S2. The molecule has 1 aliphatic heterocycles. The number of hydrogen-bond acceptors (Lipinski definition) is 5. The third-order valence-corrected chi connectivity index (χ3v) is 6.31. The summed E-state index contributed by atoms with van der Waals surface area (Å²) in [5.74, 6) is -3.40. The molecule has 0 spiro atoms. The minimum atomic E-state index is -2.59. The fraction of sp³-hybridized carbons (Fsp3) is 0.368. The number of hydrogen-bond donors (Lipinski definition) is 1. The van der Waals surface area contributed by atoms with Crippen LogP contribution in [0.25, 0.3) is 0 Å². The average Bonchev–Trinajstić information content (AvgIpc) is 3.16. The van der Waals surface area contributed by atoms with Crippen molar-refractivity contribution in [2.75, 3.05) is 37.6 Å². The molecule has 0 bridgehead atoms. The van der Waals surface area contributed by atoms with Crippen LogP contribution in [0.4, 0.5) is 18.9 Å². The van der Waals surface area contributed by atoms with Gasteiger partial charge in [0.15, 0.2) is 0 Å². The van der Waals surface area contributed by atoms with E-state index in [1.807, 2.05) is 0 Å². The summed E-state index contributed by atoms with van der Waals surface area (Å²) in [7, 11) is 0. The number of thiophene rings is 1. The first-order valence-corrected chi connectivity index (χ1v) is 10.8. The highest BCUT2D eigenvalue weighted by Gasteiger charge is 2.22. The minimum absolute atomic E-state index is 0.0718. The zero-order chi connectivity index (χ0) is 20.8. The third kappa shape index (κ3) is 5.89. The fourth-order valence-electron chi connectivity index (χ4n) is 3.04. The van der Waals surface area contributed by atoms with Crippen molar-refractivity contribution in [1.82, 2.24) is 10.2 Å². The molecule has 29 heavy (non-hydrogen) atoms. The van der Waals surface area contributed by atoms with Crippen molar-refractivity contribution in [2.24, 2.45) is 0 Å². The maximum atomic E-state index is 13.0. The lowest BCUT2D eigenvalue weighted by atomic mass is 10.2. The van der Waals surface area contributed by atoms with Gasteiger partial charge in [-0.3, -0.25) is 9.59 Å². The van der Waals surface area contributed by atoms with Gasteiger partial charge in [0.05, 0.1) is 0 Å². The maximum Gasteiger partial charge on any atom is 0.288 e. The first-order valence-electron chi connectivity index (χ1n) is 9.03. The number of alkyl halides is 2. The zero-order valence-corrected chi connectivity index (χ0v) is 17.1. The molecule has 1 N–H and O–H groups in total.